The van der Waals surface area contributed by atoms with Crippen molar-refractivity contribution in [2.24, 2.45) is 0 Å². The van der Waals surface area contributed by atoms with E-state index >= 15 is 0 Å². The second-order valence-electron chi connectivity index (χ2n) is 7.59. The van der Waals surface area contributed by atoms with Crippen LogP contribution in [-0.4, -0.2) is 15.0 Å². The van der Waals surface area contributed by atoms with Gasteiger partial charge in [0.1, 0.15) is 0 Å². The number of aromatic nitrogens is 3. The first-order chi connectivity index (χ1) is 14.9. The molecule has 0 spiro atoms. The zero-order valence-electron chi connectivity index (χ0n) is 16.8. The molecule has 1 heterocycles. The monoisotopic (exact) mass is 389 g/mol. The summed E-state index contributed by atoms with van der Waals surface area (Å²) in [5, 5.41) is 0. The predicted molar refractivity (Wildman–Crippen MR) is 123 cm³/mol. The number of allylic oxidation sites excluding steroid dienone is 2. The largest absolute Gasteiger partial charge is 0.209 e. The normalized spacial score (nSPS) is 13.7. The first-order valence-electron chi connectivity index (χ1n) is 10.5. The molecule has 30 heavy (non-hydrogen) atoms. The van der Waals surface area contributed by atoms with E-state index in [0.717, 1.165) is 41.4 Å². The molecule has 3 heteroatoms. The Morgan fingerprint density at radius 2 is 0.967 bits per heavy atom. The molecule has 0 bridgehead atoms. The Hall–Kier alpha value is -3.59. The van der Waals surface area contributed by atoms with Crippen molar-refractivity contribution < 1.29 is 0 Å². The molecule has 1 aromatic heterocycles. The molecular weight excluding hydrogens is 366 g/mol. The van der Waals surface area contributed by atoms with Crippen molar-refractivity contribution in [3.05, 3.63) is 96.8 Å². The van der Waals surface area contributed by atoms with Crippen molar-refractivity contribution in [1.82, 2.24) is 15.0 Å². The molecule has 0 amide bonds. The summed E-state index contributed by atoms with van der Waals surface area (Å²) in [4.78, 5) is 14.5. The standard InChI is InChI=1S/C27H23N3/c1-4-10-20(11-5-1)21-16-18-24(19-17-21)27-29-25(22-12-6-2-7-13-22)28-26(30-27)23-14-8-3-9-15-23/h1-2,4-7,10-14,16-19H,3,8-9,15H2. The first-order valence-corrected chi connectivity index (χ1v) is 10.5. The highest BCUT2D eigenvalue weighted by Gasteiger charge is 2.15. The van der Waals surface area contributed by atoms with Crippen molar-refractivity contribution in [1.29, 1.82) is 0 Å². The molecule has 1 aliphatic carbocycles. The van der Waals surface area contributed by atoms with Gasteiger partial charge in [0.05, 0.1) is 0 Å². The molecule has 0 radical (unpaired) electrons. The minimum Gasteiger partial charge on any atom is -0.209 e. The van der Waals surface area contributed by atoms with E-state index in [4.69, 9.17) is 15.0 Å². The van der Waals surface area contributed by atoms with Crippen LogP contribution < -0.4 is 0 Å². The van der Waals surface area contributed by atoms with Gasteiger partial charge in [-0.2, -0.15) is 0 Å². The van der Waals surface area contributed by atoms with Gasteiger partial charge in [-0.1, -0.05) is 91.0 Å². The SMILES string of the molecule is C1=C(c2nc(-c3ccccc3)nc(-c3ccc(-c4ccccc4)cc3)n2)CCCC1. The molecule has 3 aromatic carbocycles. The fourth-order valence-corrected chi connectivity index (χ4v) is 3.85. The van der Waals surface area contributed by atoms with Gasteiger partial charge in [-0.25, -0.2) is 15.0 Å². The second kappa shape index (κ2) is 8.42. The summed E-state index contributed by atoms with van der Waals surface area (Å²) in [6, 6.07) is 29.0. The maximum absolute atomic E-state index is 4.86. The van der Waals surface area contributed by atoms with Crippen LogP contribution in [0.15, 0.2) is 91.0 Å². The Morgan fingerprint density at radius 3 is 1.57 bits per heavy atom. The molecule has 0 aliphatic heterocycles. The minimum atomic E-state index is 0.727. The Balaban J connectivity index is 1.57. The van der Waals surface area contributed by atoms with E-state index in [1.807, 2.05) is 24.3 Å². The van der Waals surface area contributed by atoms with E-state index in [-0.39, 0.29) is 0 Å². The van der Waals surface area contributed by atoms with Crippen LogP contribution in [0.5, 0.6) is 0 Å². The lowest BCUT2D eigenvalue weighted by Crippen LogP contribution is -2.04. The van der Waals surface area contributed by atoms with Gasteiger partial charge in [0, 0.05) is 11.1 Å². The Kier molecular flexibility index (Phi) is 5.17. The maximum Gasteiger partial charge on any atom is 0.164 e. The topological polar surface area (TPSA) is 38.7 Å². The highest BCUT2D eigenvalue weighted by Crippen LogP contribution is 2.29. The number of rotatable bonds is 4. The predicted octanol–water partition coefficient (Wildman–Crippen LogP) is 6.83. The summed E-state index contributed by atoms with van der Waals surface area (Å²) in [5.74, 6) is 2.27. The average molecular weight is 390 g/mol. The fraction of sp³-hybridized carbons (Fsp3) is 0.148. The lowest BCUT2D eigenvalue weighted by molar-refractivity contribution is 0.736. The molecule has 0 saturated carbocycles. The highest BCUT2D eigenvalue weighted by atomic mass is 15.0. The van der Waals surface area contributed by atoms with Crippen LogP contribution in [-0.2, 0) is 0 Å². The number of nitrogens with zero attached hydrogens (tertiary/aromatic N) is 3. The smallest absolute Gasteiger partial charge is 0.164 e. The highest BCUT2D eigenvalue weighted by molar-refractivity contribution is 5.70. The van der Waals surface area contributed by atoms with Gasteiger partial charge in [-0.3, -0.25) is 0 Å². The van der Waals surface area contributed by atoms with Crippen LogP contribution >= 0.6 is 0 Å². The van der Waals surface area contributed by atoms with E-state index in [1.54, 1.807) is 0 Å². The van der Waals surface area contributed by atoms with E-state index in [9.17, 15) is 0 Å². The first kappa shape index (κ1) is 18.4. The Bertz CT molecular complexity index is 1160. The quantitative estimate of drug-likeness (QED) is 0.384. The van der Waals surface area contributed by atoms with Gasteiger partial charge in [0.2, 0.25) is 0 Å². The summed E-state index contributed by atoms with van der Waals surface area (Å²) < 4.78 is 0. The molecule has 4 aromatic rings. The Labute approximate surface area is 177 Å². The van der Waals surface area contributed by atoms with Gasteiger partial charge in [0.25, 0.3) is 0 Å². The molecule has 0 unspecified atom stereocenters. The molecule has 0 saturated heterocycles. The number of hydrogen-bond acceptors (Lipinski definition) is 3. The fourth-order valence-electron chi connectivity index (χ4n) is 3.85. The third-order valence-corrected chi connectivity index (χ3v) is 5.50. The molecular formula is C27H23N3. The average Bonchev–Trinajstić information content (AvgIpc) is 2.85. The zero-order chi connectivity index (χ0) is 20.2. The van der Waals surface area contributed by atoms with Crippen LogP contribution in [0.3, 0.4) is 0 Å². The Morgan fingerprint density at radius 1 is 0.467 bits per heavy atom. The van der Waals surface area contributed by atoms with Gasteiger partial charge in [-0.05, 0) is 42.4 Å². The van der Waals surface area contributed by atoms with Crippen molar-refractivity contribution in [2.75, 3.05) is 0 Å². The van der Waals surface area contributed by atoms with E-state index in [2.05, 4.69) is 66.7 Å². The lowest BCUT2D eigenvalue weighted by atomic mass is 9.99. The van der Waals surface area contributed by atoms with Crippen molar-refractivity contribution in [2.45, 2.75) is 25.7 Å². The van der Waals surface area contributed by atoms with Gasteiger partial charge < -0.3 is 0 Å². The van der Waals surface area contributed by atoms with Crippen molar-refractivity contribution >= 4 is 5.57 Å². The van der Waals surface area contributed by atoms with Crippen LogP contribution in [0, 0.1) is 0 Å². The number of hydrogen-bond donors (Lipinski definition) is 0. The van der Waals surface area contributed by atoms with Crippen LogP contribution in [0.1, 0.15) is 31.5 Å². The number of benzene rings is 3. The third kappa shape index (κ3) is 3.92. The zero-order valence-corrected chi connectivity index (χ0v) is 16.8. The van der Waals surface area contributed by atoms with Crippen molar-refractivity contribution in [3.8, 4) is 33.9 Å². The maximum atomic E-state index is 4.86. The lowest BCUT2D eigenvalue weighted by Gasteiger charge is -2.13. The van der Waals surface area contributed by atoms with Crippen LogP contribution in [0.25, 0.3) is 39.5 Å². The van der Waals surface area contributed by atoms with Crippen molar-refractivity contribution in [3.63, 3.8) is 0 Å². The summed E-state index contributed by atoms with van der Waals surface area (Å²) in [5.41, 5.74) is 5.65. The molecule has 0 atom stereocenters. The van der Waals surface area contributed by atoms with E-state index in [0.29, 0.717) is 0 Å². The molecule has 146 valence electrons. The molecule has 0 N–H and O–H groups in total. The molecule has 3 nitrogen and oxygen atoms in total. The molecule has 0 fully saturated rings. The minimum absolute atomic E-state index is 0.727. The summed E-state index contributed by atoms with van der Waals surface area (Å²) >= 11 is 0. The summed E-state index contributed by atoms with van der Waals surface area (Å²) in [6.45, 7) is 0. The van der Waals surface area contributed by atoms with Gasteiger partial charge in [0.15, 0.2) is 17.5 Å². The van der Waals surface area contributed by atoms with Crippen LogP contribution in [0.4, 0.5) is 0 Å². The third-order valence-electron chi connectivity index (χ3n) is 5.50. The summed E-state index contributed by atoms with van der Waals surface area (Å²) in [6.07, 6.45) is 6.86. The van der Waals surface area contributed by atoms with E-state index < -0.39 is 0 Å². The molecule has 1 aliphatic rings. The van der Waals surface area contributed by atoms with Gasteiger partial charge in [-0.15, -0.1) is 0 Å². The van der Waals surface area contributed by atoms with Crippen LogP contribution in [0.2, 0.25) is 0 Å². The molecule has 5 rings (SSSR count). The van der Waals surface area contributed by atoms with Gasteiger partial charge >= 0.3 is 0 Å². The van der Waals surface area contributed by atoms with E-state index in [1.165, 1.54) is 29.5 Å². The summed E-state index contributed by atoms with van der Waals surface area (Å²) in [7, 11) is 0. The second-order valence-corrected chi connectivity index (χ2v) is 7.59.